The maximum absolute atomic E-state index is 3.75. The summed E-state index contributed by atoms with van der Waals surface area (Å²) in [4.78, 5) is 4.24. The Balaban J connectivity index is 1.72. The second kappa shape index (κ2) is 5.32. The maximum Gasteiger partial charge on any atom is 0.0416 e. The van der Waals surface area contributed by atoms with Gasteiger partial charge in [0.25, 0.3) is 0 Å². The molecule has 2 fully saturated rings. The molecule has 1 N–H and O–H groups in total. The minimum Gasteiger partial charge on any atom is -0.311 e. The second-order valence-corrected chi connectivity index (χ2v) is 6.76. The molecule has 0 aliphatic carbocycles. The van der Waals surface area contributed by atoms with E-state index in [0.29, 0.717) is 6.04 Å². The van der Waals surface area contributed by atoms with Crippen molar-refractivity contribution in [1.82, 2.24) is 10.2 Å². The van der Waals surface area contributed by atoms with Crippen LogP contribution in [-0.2, 0) is 0 Å². The largest absolute Gasteiger partial charge is 0.311 e. The SMILES string of the molecule is CCN(C1CC2CCC(C1)N2)C(C)c1cccs1. The Morgan fingerprint density at radius 2 is 2.11 bits per heavy atom. The molecule has 1 aromatic heterocycles. The van der Waals surface area contributed by atoms with Gasteiger partial charge in [-0.2, -0.15) is 0 Å². The summed E-state index contributed by atoms with van der Waals surface area (Å²) in [6, 6.07) is 7.41. The third-order valence-electron chi connectivity index (χ3n) is 4.73. The highest BCUT2D eigenvalue weighted by Gasteiger charge is 2.37. The molecular formula is C15H24N2S. The van der Waals surface area contributed by atoms with Crippen LogP contribution >= 0.6 is 11.3 Å². The molecule has 0 saturated carbocycles. The Bertz CT molecular complexity index is 364. The van der Waals surface area contributed by atoms with Crippen molar-refractivity contribution >= 4 is 11.3 Å². The molecule has 2 bridgehead atoms. The third kappa shape index (κ3) is 2.36. The molecule has 3 heterocycles. The van der Waals surface area contributed by atoms with Crippen molar-refractivity contribution in [1.29, 1.82) is 0 Å². The zero-order valence-electron chi connectivity index (χ0n) is 11.4. The number of hydrogen-bond donors (Lipinski definition) is 1. The summed E-state index contributed by atoms with van der Waals surface area (Å²) in [7, 11) is 0. The standard InChI is InChI=1S/C15H24N2S/c1-3-17(11(2)15-5-4-8-18-15)14-9-12-6-7-13(10-14)16-12/h4-5,8,11-14,16H,3,6-7,9-10H2,1-2H3. The number of nitrogens with zero attached hydrogens (tertiary/aromatic N) is 1. The van der Waals surface area contributed by atoms with Crippen LogP contribution in [-0.4, -0.2) is 29.6 Å². The average molecular weight is 264 g/mol. The summed E-state index contributed by atoms with van der Waals surface area (Å²) < 4.78 is 0. The van der Waals surface area contributed by atoms with Crippen LogP contribution in [0.4, 0.5) is 0 Å². The predicted octanol–water partition coefficient (Wildman–Crippen LogP) is 3.41. The first-order valence-electron chi connectivity index (χ1n) is 7.33. The molecule has 2 saturated heterocycles. The molecule has 0 radical (unpaired) electrons. The molecule has 3 heteroatoms. The van der Waals surface area contributed by atoms with Crippen LogP contribution in [0.15, 0.2) is 17.5 Å². The Labute approximate surface area is 114 Å². The fraction of sp³-hybridized carbons (Fsp3) is 0.733. The Hall–Kier alpha value is -0.380. The van der Waals surface area contributed by atoms with E-state index in [1.54, 1.807) is 0 Å². The molecule has 2 nitrogen and oxygen atoms in total. The molecular weight excluding hydrogens is 240 g/mol. The first kappa shape index (κ1) is 12.6. The van der Waals surface area contributed by atoms with Gasteiger partial charge < -0.3 is 5.32 Å². The van der Waals surface area contributed by atoms with Gasteiger partial charge in [-0.25, -0.2) is 0 Å². The molecule has 3 unspecified atom stereocenters. The highest BCUT2D eigenvalue weighted by Crippen LogP contribution is 2.34. The van der Waals surface area contributed by atoms with E-state index in [9.17, 15) is 0 Å². The zero-order chi connectivity index (χ0) is 12.5. The third-order valence-corrected chi connectivity index (χ3v) is 5.78. The van der Waals surface area contributed by atoms with E-state index in [0.717, 1.165) is 18.1 Å². The first-order chi connectivity index (χ1) is 8.78. The van der Waals surface area contributed by atoms with Gasteiger partial charge in [0.2, 0.25) is 0 Å². The average Bonchev–Trinajstić information content (AvgIpc) is 3.00. The molecule has 18 heavy (non-hydrogen) atoms. The smallest absolute Gasteiger partial charge is 0.0416 e. The highest BCUT2D eigenvalue weighted by molar-refractivity contribution is 7.10. The van der Waals surface area contributed by atoms with Gasteiger partial charge in [0, 0.05) is 29.0 Å². The van der Waals surface area contributed by atoms with Gasteiger partial charge in [0.1, 0.15) is 0 Å². The summed E-state index contributed by atoms with van der Waals surface area (Å²) in [5, 5.41) is 5.95. The van der Waals surface area contributed by atoms with Crippen LogP contribution in [0.5, 0.6) is 0 Å². The number of thiophene rings is 1. The molecule has 3 rings (SSSR count). The van der Waals surface area contributed by atoms with Gasteiger partial charge in [0.05, 0.1) is 0 Å². The van der Waals surface area contributed by atoms with Crippen molar-refractivity contribution in [3.05, 3.63) is 22.4 Å². The van der Waals surface area contributed by atoms with Gasteiger partial charge in [0.15, 0.2) is 0 Å². The van der Waals surface area contributed by atoms with Crippen molar-refractivity contribution in [2.45, 2.75) is 63.7 Å². The molecule has 100 valence electrons. The first-order valence-corrected chi connectivity index (χ1v) is 8.21. The van der Waals surface area contributed by atoms with Crippen molar-refractivity contribution in [2.75, 3.05) is 6.54 Å². The number of rotatable bonds is 4. The predicted molar refractivity (Wildman–Crippen MR) is 78.1 cm³/mol. The van der Waals surface area contributed by atoms with E-state index in [1.165, 1.54) is 37.1 Å². The van der Waals surface area contributed by atoms with Crippen LogP contribution in [0.1, 0.15) is 50.4 Å². The van der Waals surface area contributed by atoms with E-state index in [2.05, 4.69) is 41.6 Å². The van der Waals surface area contributed by atoms with Gasteiger partial charge in [-0.15, -0.1) is 11.3 Å². The second-order valence-electron chi connectivity index (χ2n) is 5.78. The van der Waals surface area contributed by atoms with E-state index in [4.69, 9.17) is 0 Å². The molecule has 0 amide bonds. The molecule has 3 atom stereocenters. The lowest BCUT2D eigenvalue weighted by Gasteiger charge is -2.40. The van der Waals surface area contributed by atoms with Crippen molar-refractivity contribution in [2.24, 2.45) is 0 Å². The van der Waals surface area contributed by atoms with E-state index >= 15 is 0 Å². The molecule has 0 aromatic carbocycles. The summed E-state index contributed by atoms with van der Waals surface area (Å²) in [5.41, 5.74) is 0. The molecule has 1 aromatic rings. The molecule has 2 aliphatic rings. The van der Waals surface area contributed by atoms with Crippen LogP contribution in [0.25, 0.3) is 0 Å². The fourth-order valence-electron chi connectivity index (χ4n) is 3.84. The molecule has 2 aliphatic heterocycles. The topological polar surface area (TPSA) is 15.3 Å². The fourth-order valence-corrected chi connectivity index (χ4v) is 4.64. The number of nitrogens with one attached hydrogen (secondary N) is 1. The minimum atomic E-state index is 0.581. The minimum absolute atomic E-state index is 0.581. The summed E-state index contributed by atoms with van der Waals surface area (Å²) >= 11 is 1.90. The zero-order valence-corrected chi connectivity index (χ0v) is 12.2. The number of fused-ring (bicyclic) bond motifs is 2. The van der Waals surface area contributed by atoms with Crippen molar-refractivity contribution < 1.29 is 0 Å². The lowest BCUT2D eigenvalue weighted by atomic mass is 9.96. The number of piperidine rings is 1. The number of hydrogen-bond acceptors (Lipinski definition) is 3. The lowest BCUT2D eigenvalue weighted by Crippen LogP contribution is -2.48. The summed E-state index contributed by atoms with van der Waals surface area (Å²) in [5.74, 6) is 0. The van der Waals surface area contributed by atoms with Gasteiger partial charge in [-0.05, 0) is 50.6 Å². The van der Waals surface area contributed by atoms with Crippen LogP contribution in [0.2, 0.25) is 0 Å². The van der Waals surface area contributed by atoms with Crippen molar-refractivity contribution in [3.8, 4) is 0 Å². The van der Waals surface area contributed by atoms with Gasteiger partial charge in [-0.1, -0.05) is 13.0 Å². The Kier molecular flexibility index (Phi) is 3.73. The molecule has 0 spiro atoms. The maximum atomic E-state index is 3.75. The van der Waals surface area contributed by atoms with Crippen LogP contribution < -0.4 is 5.32 Å². The van der Waals surface area contributed by atoms with E-state index in [-0.39, 0.29) is 0 Å². The van der Waals surface area contributed by atoms with E-state index < -0.39 is 0 Å². The highest BCUT2D eigenvalue weighted by atomic mass is 32.1. The monoisotopic (exact) mass is 264 g/mol. The Morgan fingerprint density at radius 1 is 1.39 bits per heavy atom. The van der Waals surface area contributed by atoms with Crippen LogP contribution in [0, 0.1) is 0 Å². The Morgan fingerprint density at radius 3 is 2.67 bits per heavy atom. The van der Waals surface area contributed by atoms with E-state index in [1.807, 2.05) is 11.3 Å². The lowest BCUT2D eigenvalue weighted by molar-refractivity contribution is 0.109. The van der Waals surface area contributed by atoms with Crippen molar-refractivity contribution in [3.63, 3.8) is 0 Å². The summed E-state index contributed by atoms with van der Waals surface area (Å²) in [6.45, 7) is 5.86. The quantitative estimate of drug-likeness (QED) is 0.896. The van der Waals surface area contributed by atoms with Crippen LogP contribution in [0.3, 0.4) is 0 Å². The van der Waals surface area contributed by atoms with Gasteiger partial charge in [-0.3, -0.25) is 4.90 Å². The van der Waals surface area contributed by atoms with Gasteiger partial charge >= 0.3 is 0 Å². The summed E-state index contributed by atoms with van der Waals surface area (Å²) in [6.07, 6.45) is 5.48. The normalized spacial score (nSPS) is 32.9.